The number of methoxy groups -OCH3 is 1. The quantitative estimate of drug-likeness (QED) is 0.142. The van der Waals surface area contributed by atoms with E-state index in [0.29, 0.717) is 22.8 Å². The highest BCUT2D eigenvalue weighted by atomic mass is 16.5. The largest absolute Gasteiger partial charge is 0.506 e. The number of anilines is 4. The van der Waals surface area contributed by atoms with Gasteiger partial charge in [0.2, 0.25) is 0 Å². The molecule has 14 heteroatoms. The van der Waals surface area contributed by atoms with Crippen molar-refractivity contribution in [2.45, 2.75) is 52.6 Å². The standard InChI is InChI=1S/C18H22N4O3.C17H20N4O3/c1-18(2,3)22-16(23)14-11-12(9-10-19-14)20-17(24)21-13-7-5-6-8-15(13)25-4;1-17(2,3)20-15(23)12-10-11(8-9-19-12)21(16(18)24)13-6-4-5-7-14(13)22/h5-11H,1-4H3,(H,22,23)(H2,19,20,21,24);4-10,22H,1-3H3,(H2,18,24)(H,20,23). The Morgan fingerprint density at radius 2 is 1.31 bits per heavy atom. The van der Waals surface area contributed by atoms with Crippen LogP contribution in [0.5, 0.6) is 11.5 Å². The number of pyridine rings is 2. The molecule has 2 heterocycles. The second-order valence-electron chi connectivity index (χ2n) is 12.7. The number of para-hydroxylation sites is 4. The van der Waals surface area contributed by atoms with Crippen LogP contribution in [0.4, 0.5) is 32.3 Å². The lowest BCUT2D eigenvalue weighted by Crippen LogP contribution is -2.41. The molecule has 6 amide bonds. The van der Waals surface area contributed by atoms with Crippen LogP contribution in [0.2, 0.25) is 0 Å². The summed E-state index contributed by atoms with van der Waals surface area (Å²) in [4.78, 5) is 57.6. The highest BCUT2D eigenvalue weighted by Crippen LogP contribution is 2.32. The van der Waals surface area contributed by atoms with Crippen LogP contribution in [-0.2, 0) is 0 Å². The highest BCUT2D eigenvalue weighted by molar-refractivity contribution is 6.02. The molecule has 7 N–H and O–H groups in total. The number of carbonyl (C=O) groups is 4. The average Bonchev–Trinajstić information content (AvgIpc) is 3.01. The third-order valence-corrected chi connectivity index (χ3v) is 6.16. The number of benzene rings is 2. The fourth-order valence-corrected chi connectivity index (χ4v) is 4.20. The number of nitrogens with one attached hydrogen (secondary N) is 4. The van der Waals surface area contributed by atoms with Crippen LogP contribution < -0.4 is 36.6 Å². The predicted molar refractivity (Wildman–Crippen MR) is 188 cm³/mol. The lowest BCUT2D eigenvalue weighted by molar-refractivity contribution is 0.0905. The van der Waals surface area contributed by atoms with Gasteiger partial charge in [0.05, 0.1) is 24.2 Å². The van der Waals surface area contributed by atoms with E-state index in [9.17, 15) is 24.3 Å². The second kappa shape index (κ2) is 16.1. The molecule has 2 aromatic carbocycles. The number of aromatic hydroxyl groups is 1. The summed E-state index contributed by atoms with van der Waals surface area (Å²) in [7, 11) is 1.53. The Labute approximate surface area is 285 Å². The number of urea groups is 2. The number of phenols is 1. The van der Waals surface area contributed by atoms with Crippen molar-refractivity contribution < 1.29 is 29.0 Å². The van der Waals surface area contributed by atoms with Gasteiger partial charge in [0.15, 0.2) is 0 Å². The molecule has 0 spiro atoms. The van der Waals surface area contributed by atoms with E-state index in [4.69, 9.17) is 10.5 Å². The molecule has 0 radical (unpaired) electrons. The fraction of sp³-hybridized carbons (Fsp3) is 0.257. The molecule has 0 saturated heterocycles. The minimum absolute atomic E-state index is 0.103. The molecule has 0 bridgehead atoms. The fourth-order valence-electron chi connectivity index (χ4n) is 4.20. The number of hydrogen-bond acceptors (Lipinski definition) is 8. The summed E-state index contributed by atoms with van der Waals surface area (Å²) in [6, 6.07) is 18.2. The molecule has 0 aliphatic heterocycles. The van der Waals surface area contributed by atoms with Crippen LogP contribution in [0.25, 0.3) is 0 Å². The van der Waals surface area contributed by atoms with Crippen LogP contribution in [0, 0.1) is 0 Å². The van der Waals surface area contributed by atoms with Gasteiger partial charge in [-0.1, -0.05) is 24.3 Å². The third kappa shape index (κ3) is 11.5. The van der Waals surface area contributed by atoms with Gasteiger partial charge in [-0.15, -0.1) is 0 Å². The zero-order valence-electron chi connectivity index (χ0n) is 28.5. The SMILES string of the molecule is CC(C)(C)NC(=O)c1cc(N(C(N)=O)c2ccccc2O)ccn1.COc1ccccc1NC(=O)Nc1ccnc(C(=O)NC(C)(C)C)c1. The molecule has 49 heavy (non-hydrogen) atoms. The molecule has 14 nitrogen and oxygen atoms in total. The van der Waals surface area contributed by atoms with Gasteiger partial charge in [0.25, 0.3) is 11.8 Å². The summed E-state index contributed by atoms with van der Waals surface area (Å²) in [5.74, 6) is -0.223. The van der Waals surface area contributed by atoms with Gasteiger partial charge < -0.3 is 36.8 Å². The molecule has 0 aliphatic rings. The molecule has 2 aromatic heterocycles. The predicted octanol–water partition coefficient (Wildman–Crippen LogP) is 5.79. The van der Waals surface area contributed by atoms with Gasteiger partial charge in [-0.2, -0.15) is 0 Å². The van der Waals surface area contributed by atoms with Crippen molar-refractivity contribution in [3.8, 4) is 11.5 Å². The molecular formula is C35H42N8O6. The second-order valence-corrected chi connectivity index (χ2v) is 12.7. The van der Waals surface area contributed by atoms with E-state index < -0.39 is 17.6 Å². The Morgan fingerprint density at radius 3 is 1.88 bits per heavy atom. The number of aromatic nitrogens is 2. The number of nitrogens with zero attached hydrogens (tertiary/aromatic N) is 3. The van der Waals surface area contributed by atoms with E-state index in [-0.39, 0.29) is 40.2 Å². The number of nitrogens with two attached hydrogens (primary N) is 1. The van der Waals surface area contributed by atoms with E-state index >= 15 is 0 Å². The molecule has 0 atom stereocenters. The number of ether oxygens (including phenoxy) is 1. The monoisotopic (exact) mass is 670 g/mol. The number of amides is 6. The van der Waals surface area contributed by atoms with Gasteiger partial charge in [0, 0.05) is 29.2 Å². The molecule has 0 saturated carbocycles. The highest BCUT2D eigenvalue weighted by Gasteiger charge is 2.22. The number of phenolic OH excluding ortho intramolecular Hbond substituents is 1. The number of rotatable bonds is 7. The Hall–Kier alpha value is -6.18. The van der Waals surface area contributed by atoms with Crippen LogP contribution in [0.3, 0.4) is 0 Å². The van der Waals surface area contributed by atoms with E-state index in [1.165, 1.54) is 43.8 Å². The lowest BCUT2D eigenvalue weighted by atomic mass is 10.1. The number of primary amides is 1. The molecule has 0 fully saturated rings. The maximum Gasteiger partial charge on any atom is 0.324 e. The molecule has 4 aromatic rings. The first-order chi connectivity index (χ1) is 23.0. The maximum atomic E-state index is 12.3. The zero-order chi connectivity index (χ0) is 36.4. The average molecular weight is 671 g/mol. The Kier molecular flexibility index (Phi) is 12.2. The van der Waals surface area contributed by atoms with Gasteiger partial charge in [-0.3, -0.25) is 24.5 Å². The summed E-state index contributed by atoms with van der Waals surface area (Å²) >= 11 is 0. The minimum atomic E-state index is -0.787. The Balaban J connectivity index is 0.000000266. The number of hydrogen-bond donors (Lipinski definition) is 6. The van der Waals surface area contributed by atoms with Crippen molar-refractivity contribution in [2.75, 3.05) is 22.6 Å². The number of carbonyl (C=O) groups excluding carboxylic acids is 4. The topological polar surface area (TPSA) is 201 Å². The van der Waals surface area contributed by atoms with Crippen molar-refractivity contribution >= 4 is 46.6 Å². The van der Waals surface area contributed by atoms with Gasteiger partial charge in [-0.25, -0.2) is 9.59 Å². The summed E-state index contributed by atoms with van der Waals surface area (Å²) in [6.07, 6.45) is 2.87. The van der Waals surface area contributed by atoms with E-state index in [0.717, 1.165) is 4.90 Å². The summed E-state index contributed by atoms with van der Waals surface area (Å²) in [5, 5.41) is 21.0. The smallest absolute Gasteiger partial charge is 0.324 e. The summed E-state index contributed by atoms with van der Waals surface area (Å²) in [6.45, 7) is 11.2. The molecule has 4 rings (SSSR count). The van der Waals surface area contributed by atoms with E-state index in [2.05, 4.69) is 31.2 Å². The van der Waals surface area contributed by atoms with Crippen molar-refractivity contribution in [2.24, 2.45) is 5.73 Å². The first-order valence-corrected chi connectivity index (χ1v) is 15.1. The maximum absolute atomic E-state index is 12.3. The third-order valence-electron chi connectivity index (χ3n) is 6.16. The molecule has 258 valence electrons. The Bertz CT molecular complexity index is 1800. The van der Waals surface area contributed by atoms with Crippen molar-refractivity contribution in [1.82, 2.24) is 20.6 Å². The van der Waals surface area contributed by atoms with Gasteiger partial charge in [0.1, 0.15) is 22.9 Å². The molecule has 0 unspecified atom stereocenters. The summed E-state index contributed by atoms with van der Waals surface area (Å²) in [5.41, 5.74) is 6.59. The van der Waals surface area contributed by atoms with E-state index in [1.54, 1.807) is 42.5 Å². The minimum Gasteiger partial charge on any atom is -0.506 e. The molecule has 0 aliphatic carbocycles. The first-order valence-electron chi connectivity index (χ1n) is 15.1. The summed E-state index contributed by atoms with van der Waals surface area (Å²) < 4.78 is 5.19. The van der Waals surface area contributed by atoms with Crippen LogP contribution in [0.1, 0.15) is 62.5 Å². The van der Waals surface area contributed by atoms with Crippen LogP contribution >= 0.6 is 0 Å². The van der Waals surface area contributed by atoms with Crippen molar-refractivity contribution in [3.05, 3.63) is 96.6 Å². The van der Waals surface area contributed by atoms with E-state index in [1.807, 2.05) is 47.6 Å². The molecular weight excluding hydrogens is 628 g/mol. The van der Waals surface area contributed by atoms with Crippen LogP contribution in [0.15, 0.2) is 85.2 Å². The van der Waals surface area contributed by atoms with Crippen molar-refractivity contribution in [1.29, 1.82) is 0 Å². The Morgan fingerprint density at radius 1 is 0.755 bits per heavy atom. The zero-order valence-corrected chi connectivity index (χ0v) is 28.5. The first kappa shape index (κ1) is 37.3. The lowest BCUT2D eigenvalue weighted by Gasteiger charge is -2.23. The van der Waals surface area contributed by atoms with Gasteiger partial charge >= 0.3 is 12.1 Å². The van der Waals surface area contributed by atoms with Gasteiger partial charge in [-0.05, 0) is 90.1 Å². The van der Waals surface area contributed by atoms with Crippen LogP contribution in [-0.4, -0.2) is 57.1 Å². The van der Waals surface area contributed by atoms with Crippen molar-refractivity contribution in [3.63, 3.8) is 0 Å². The normalized spacial score (nSPS) is 10.8.